The SMILES string of the molecule is CCC(C)n1c(=O)c2ccccc2n(CC(=O)N2CCN(c3ccc(OC)cc3)CC2)c1=O. The van der Waals surface area contributed by atoms with Crippen LogP contribution in [-0.4, -0.2) is 53.2 Å². The lowest BCUT2D eigenvalue weighted by Crippen LogP contribution is -2.51. The highest BCUT2D eigenvalue weighted by molar-refractivity contribution is 5.82. The second-order valence-corrected chi connectivity index (χ2v) is 8.38. The van der Waals surface area contributed by atoms with Crippen LogP contribution in [0.2, 0.25) is 0 Å². The van der Waals surface area contributed by atoms with Gasteiger partial charge in [0, 0.05) is 37.9 Å². The van der Waals surface area contributed by atoms with Crippen molar-refractivity contribution in [2.24, 2.45) is 0 Å². The molecule has 1 aliphatic heterocycles. The number of hydrogen-bond acceptors (Lipinski definition) is 5. The maximum Gasteiger partial charge on any atom is 0.332 e. The van der Waals surface area contributed by atoms with E-state index < -0.39 is 5.69 Å². The molecule has 0 aliphatic carbocycles. The molecule has 1 unspecified atom stereocenters. The minimum atomic E-state index is -0.432. The van der Waals surface area contributed by atoms with Gasteiger partial charge in [-0.2, -0.15) is 0 Å². The molecule has 1 fully saturated rings. The van der Waals surface area contributed by atoms with Gasteiger partial charge in [-0.25, -0.2) is 4.79 Å². The summed E-state index contributed by atoms with van der Waals surface area (Å²) in [5.41, 5.74) is 0.850. The van der Waals surface area contributed by atoms with Crippen molar-refractivity contribution < 1.29 is 9.53 Å². The lowest BCUT2D eigenvalue weighted by atomic mass is 10.2. The Hall–Kier alpha value is -3.55. The molecule has 174 valence electrons. The van der Waals surface area contributed by atoms with Gasteiger partial charge in [-0.3, -0.25) is 18.7 Å². The Kier molecular flexibility index (Phi) is 6.53. The van der Waals surface area contributed by atoms with Crippen LogP contribution in [0, 0.1) is 0 Å². The Bertz CT molecular complexity index is 1250. The van der Waals surface area contributed by atoms with E-state index in [1.54, 1.807) is 36.3 Å². The monoisotopic (exact) mass is 450 g/mol. The van der Waals surface area contributed by atoms with Gasteiger partial charge in [0.25, 0.3) is 5.56 Å². The van der Waals surface area contributed by atoms with E-state index in [0.717, 1.165) is 11.4 Å². The van der Waals surface area contributed by atoms with Crippen LogP contribution in [0.3, 0.4) is 0 Å². The number of rotatable bonds is 6. The first-order valence-electron chi connectivity index (χ1n) is 11.4. The van der Waals surface area contributed by atoms with E-state index in [-0.39, 0.29) is 24.1 Å². The number of hydrogen-bond donors (Lipinski definition) is 0. The van der Waals surface area contributed by atoms with Crippen LogP contribution >= 0.6 is 0 Å². The number of methoxy groups -OCH3 is 1. The maximum atomic E-state index is 13.2. The van der Waals surface area contributed by atoms with Crippen molar-refractivity contribution in [3.8, 4) is 5.75 Å². The van der Waals surface area contributed by atoms with Gasteiger partial charge in [0.15, 0.2) is 0 Å². The highest BCUT2D eigenvalue weighted by atomic mass is 16.5. The number of piperazine rings is 1. The molecule has 8 nitrogen and oxygen atoms in total. The van der Waals surface area contributed by atoms with Gasteiger partial charge in [0.2, 0.25) is 5.91 Å². The van der Waals surface area contributed by atoms with Crippen molar-refractivity contribution in [3.63, 3.8) is 0 Å². The van der Waals surface area contributed by atoms with Gasteiger partial charge in [-0.1, -0.05) is 19.1 Å². The minimum absolute atomic E-state index is 0.0847. The number of amides is 1. The van der Waals surface area contributed by atoms with Gasteiger partial charge in [0.1, 0.15) is 12.3 Å². The van der Waals surface area contributed by atoms with Gasteiger partial charge in [-0.15, -0.1) is 0 Å². The summed E-state index contributed by atoms with van der Waals surface area (Å²) < 4.78 is 7.94. The van der Waals surface area contributed by atoms with Crippen LogP contribution in [0.25, 0.3) is 10.9 Å². The van der Waals surface area contributed by atoms with E-state index in [0.29, 0.717) is 43.5 Å². The Labute approximate surface area is 192 Å². The molecule has 1 saturated heterocycles. The highest BCUT2D eigenvalue weighted by Gasteiger charge is 2.24. The number of carbonyl (C=O) groups is 1. The summed E-state index contributed by atoms with van der Waals surface area (Å²) in [5.74, 6) is 0.690. The fourth-order valence-corrected chi connectivity index (χ4v) is 4.31. The van der Waals surface area contributed by atoms with Crippen molar-refractivity contribution in [2.45, 2.75) is 32.9 Å². The van der Waals surface area contributed by atoms with E-state index in [1.807, 2.05) is 38.1 Å². The molecule has 4 rings (SSSR count). The number of fused-ring (bicyclic) bond motifs is 1. The molecular formula is C25H30N4O4. The number of anilines is 1. The lowest BCUT2D eigenvalue weighted by Gasteiger charge is -2.36. The fourth-order valence-electron chi connectivity index (χ4n) is 4.31. The molecule has 8 heteroatoms. The number of benzene rings is 2. The average molecular weight is 451 g/mol. The van der Waals surface area contributed by atoms with Crippen molar-refractivity contribution in [2.75, 3.05) is 38.2 Å². The molecule has 0 bridgehead atoms. The molecule has 0 radical (unpaired) electrons. The molecule has 0 N–H and O–H groups in total. The van der Waals surface area contributed by atoms with Crippen molar-refractivity contribution in [1.82, 2.24) is 14.0 Å². The topological polar surface area (TPSA) is 76.8 Å². The van der Waals surface area contributed by atoms with E-state index in [1.165, 1.54) is 9.13 Å². The molecule has 33 heavy (non-hydrogen) atoms. The van der Waals surface area contributed by atoms with Crippen LogP contribution in [-0.2, 0) is 11.3 Å². The summed E-state index contributed by atoms with van der Waals surface area (Å²) in [6, 6.07) is 14.6. The molecule has 2 aromatic carbocycles. The Morgan fingerprint density at radius 1 is 1.00 bits per heavy atom. The van der Waals surface area contributed by atoms with Gasteiger partial charge in [0.05, 0.1) is 18.0 Å². The molecule has 1 aromatic heterocycles. The standard InChI is InChI=1S/C25H30N4O4/c1-4-18(2)29-24(31)21-7-5-6-8-22(21)28(25(29)32)17-23(30)27-15-13-26(14-16-27)19-9-11-20(33-3)12-10-19/h5-12,18H,4,13-17H2,1-3H3. The number of nitrogens with zero attached hydrogens (tertiary/aromatic N) is 4. The van der Waals surface area contributed by atoms with Gasteiger partial charge >= 0.3 is 5.69 Å². The van der Waals surface area contributed by atoms with Crippen LogP contribution in [0.1, 0.15) is 26.3 Å². The van der Waals surface area contributed by atoms with E-state index >= 15 is 0 Å². The molecule has 3 aromatic rings. The van der Waals surface area contributed by atoms with E-state index in [9.17, 15) is 14.4 Å². The third-order valence-electron chi connectivity index (χ3n) is 6.48. The summed E-state index contributed by atoms with van der Waals surface area (Å²) in [6.45, 7) is 6.26. The number of ether oxygens (including phenoxy) is 1. The Balaban J connectivity index is 1.55. The zero-order valence-electron chi connectivity index (χ0n) is 19.4. The van der Waals surface area contributed by atoms with E-state index in [4.69, 9.17) is 4.74 Å². The van der Waals surface area contributed by atoms with E-state index in [2.05, 4.69) is 4.90 Å². The third-order valence-corrected chi connectivity index (χ3v) is 6.48. The zero-order chi connectivity index (χ0) is 23.5. The normalized spacial score (nSPS) is 15.0. The smallest absolute Gasteiger partial charge is 0.332 e. The fraction of sp³-hybridized carbons (Fsp3) is 0.400. The zero-order valence-corrected chi connectivity index (χ0v) is 19.4. The first-order chi connectivity index (χ1) is 15.9. The molecule has 0 spiro atoms. The van der Waals surface area contributed by atoms with Crippen LogP contribution in [0.5, 0.6) is 5.75 Å². The average Bonchev–Trinajstić information content (AvgIpc) is 2.86. The largest absolute Gasteiger partial charge is 0.497 e. The van der Waals surface area contributed by atoms with Crippen molar-refractivity contribution in [3.05, 3.63) is 69.4 Å². The second kappa shape index (κ2) is 9.52. The predicted octanol–water partition coefficient (Wildman–Crippen LogP) is 2.49. The number of para-hydroxylation sites is 1. The second-order valence-electron chi connectivity index (χ2n) is 8.38. The van der Waals surface area contributed by atoms with Crippen LogP contribution in [0.15, 0.2) is 58.1 Å². The summed E-state index contributed by atoms with van der Waals surface area (Å²) in [5, 5.41) is 0.453. The van der Waals surface area contributed by atoms with Crippen LogP contribution in [0.4, 0.5) is 5.69 Å². The number of aromatic nitrogens is 2. The maximum absolute atomic E-state index is 13.2. The van der Waals surface area contributed by atoms with Crippen molar-refractivity contribution >= 4 is 22.5 Å². The summed E-state index contributed by atoms with van der Waals surface area (Å²) in [6.07, 6.45) is 0.648. The molecular weight excluding hydrogens is 420 g/mol. The molecule has 2 heterocycles. The quantitative estimate of drug-likeness (QED) is 0.577. The van der Waals surface area contributed by atoms with Crippen LogP contribution < -0.4 is 20.9 Å². The summed E-state index contributed by atoms with van der Waals surface area (Å²) >= 11 is 0. The predicted molar refractivity (Wildman–Crippen MR) is 129 cm³/mol. The Morgan fingerprint density at radius 2 is 1.67 bits per heavy atom. The van der Waals surface area contributed by atoms with Crippen molar-refractivity contribution in [1.29, 1.82) is 0 Å². The molecule has 1 amide bonds. The molecule has 1 aliphatic rings. The van der Waals surface area contributed by atoms with Gasteiger partial charge in [-0.05, 0) is 49.7 Å². The lowest BCUT2D eigenvalue weighted by molar-refractivity contribution is -0.132. The number of carbonyl (C=O) groups excluding carboxylic acids is 1. The Morgan fingerprint density at radius 3 is 2.30 bits per heavy atom. The highest BCUT2D eigenvalue weighted by Crippen LogP contribution is 2.20. The minimum Gasteiger partial charge on any atom is -0.497 e. The van der Waals surface area contributed by atoms with Gasteiger partial charge < -0.3 is 14.5 Å². The third kappa shape index (κ3) is 4.37. The summed E-state index contributed by atoms with van der Waals surface area (Å²) in [7, 11) is 1.64. The molecule has 1 atom stereocenters. The first-order valence-corrected chi connectivity index (χ1v) is 11.4. The summed E-state index contributed by atoms with van der Waals surface area (Å²) in [4.78, 5) is 43.4. The first kappa shape index (κ1) is 22.6. The molecule has 0 saturated carbocycles.